The molecule has 2 unspecified atom stereocenters. The third-order valence-corrected chi connectivity index (χ3v) is 2.94. The van der Waals surface area contributed by atoms with E-state index in [9.17, 15) is 9.90 Å². The van der Waals surface area contributed by atoms with Gasteiger partial charge in [0.1, 0.15) is 5.60 Å². The maximum absolute atomic E-state index is 11.6. The van der Waals surface area contributed by atoms with Gasteiger partial charge in [-0.3, -0.25) is 4.79 Å². The highest BCUT2D eigenvalue weighted by molar-refractivity contribution is 5.74. The Morgan fingerprint density at radius 1 is 1.53 bits per heavy atom. The van der Waals surface area contributed by atoms with E-state index >= 15 is 0 Å². The van der Waals surface area contributed by atoms with Gasteiger partial charge in [-0.2, -0.15) is 0 Å². The Hall–Kier alpha value is -0.830. The van der Waals surface area contributed by atoms with Crippen LogP contribution in [0.2, 0.25) is 0 Å². The number of carbonyl (C=O) groups is 1. The molecule has 0 radical (unpaired) electrons. The predicted molar refractivity (Wildman–Crippen MR) is 60.4 cm³/mol. The molecule has 0 aliphatic carbocycles. The lowest BCUT2D eigenvalue weighted by atomic mass is 9.68. The van der Waals surface area contributed by atoms with Gasteiger partial charge in [0.25, 0.3) is 0 Å². The minimum atomic E-state index is -1.24. The molecule has 88 valence electrons. The molecule has 2 atom stereocenters. The molecule has 0 rings (SSSR count). The van der Waals surface area contributed by atoms with Crippen molar-refractivity contribution < 1.29 is 14.6 Å². The average molecular weight is 214 g/mol. The molecule has 0 fully saturated rings. The molecular formula is C12H22O3. The first kappa shape index (κ1) is 14.2. The van der Waals surface area contributed by atoms with E-state index in [0.717, 1.165) is 0 Å². The van der Waals surface area contributed by atoms with E-state index in [2.05, 4.69) is 6.58 Å². The summed E-state index contributed by atoms with van der Waals surface area (Å²) in [6, 6.07) is 0. The first-order valence-corrected chi connectivity index (χ1v) is 5.18. The van der Waals surface area contributed by atoms with Crippen LogP contribution in [0.15, 0.2) is 12.7 Å². The monoisotopic (exact) mass is 214 g/mol. The van der Waals surface area contributed by atoms with E-state index in [1.165, 1.54) is 13.2 Å². The van der Waals surface area contributed by atoms with Crippen molar-refractivity contribution in [2.75, 3.05) is 7.11 Å². The fourth-order valence-electron chi connectivity index (χ4n) is 1.77. The number of rotatable bonds is 4. The molecule has 0 saturated carbocycles. The lowest BCUT2D eigenvalue weighted by Crippen LogP contribution is -2.50. The first-order valence-electron chi connectivity index (χ1n) is 5.18. The molecule has 3 nitrogen and oxygen atoms in total. The standard InChI is InChI=1S/C12H22O3/c1-7-9(10(13)15-6)12(14,8-2)11(3,4)5/h8-9,14H,2,7H2,1,3-6H3. The number of esters is 1. The van der Waals surface area contributed by atoms with Crippen molar-refractivity contribution in [1.29, 1.82) is 0 Å². The summed E-state index contributed by atoms with van der Waals surface area (Å²) in [5.41, 5.74) is -1.70. The quantitative estimate of drug-likeness (QED) is 0.576. The second-order valence-corrected chi connectivity index (χ2v) is 4.76. The second-order valence-electron chi connectivity index (χ2n) is 4.76. The van der Waals surface area contributed by atoms with Crippen LogP contribution in [-0.2, 0) is 9.53 Å². The zero-order valence-corrected chi connectivity index (χ0v) is 10.3. The van der Waals surface area contributed by atoms with E-state index in [1.807, 2.05) is 27.7 Å². The van der Waals surface area contributed by atoms with Crippen LogP contribution in [0.1, 0.15) is 34.1 Å². The van der Waals surface area contributed by atoms with Gasteiger partial charge in [-0.1, -0.05) is 33.8 Å². The van der Waals surface area contributed by atoms with E-state index < -0.39 is 22.9 Å². The van der Waals surface area contributed by atoms with Crippen LogP contribution in [0.4, 0.5) is 0 Å². The van der Waals surface area contributed by atoms with Gasteiger partial charge >= 0.3 is 5.97 Å². The fraction of sp³-hybridized carbons (Fsp3) is 0.750. The molecule has 0 heterocycles. The zero-order chi connectivity index (χ0) is 12.3. The SMILES string of the molecule is C=CC(O)(C(CC)C(=O)OC)C(C)(C)C. The largest absolute Gasteiger partial charge is 0.469 e. The zero-order valence-electron chi connectivity index (χ0n) is 10.3. The molecule has 0 spiro atoms. The van der Waals surface area contributed by atoms with Gasteiger partial charge in [-0.15, -0.1) is 6.58 Å². The predicted octanol–water partition coefficient (Wildman–Crippen LogP) is 2.15. The molecule has 15 heavy (non-hydrogen) atoms. The third-order valence-electron chi connectivity index (χ3n) is 2.94. The molecule has 0 aliphatic heterocycles. The summed E-state index contributed by atoms with van der Waals surface area (Å²) in [5.74, 6) is -0.963. The molecule has 0 aromatic carbocycles. The molecule has 0 saturated heterocycles. The average Bonchev–Trinajstić information content (AvgIpc) is 2.16. The van der Waals surface area contributed by atoms with Crippen LogP contribution in [0.25, 0.3) is 0 Å². The Kier molecular flexibility index (Phi) is 4.53. The maximum Gasteiger partial charge on any atom is 0.311 e. The lowest BCUT2D eigenvalue weighted by Gasteiger charge is -2.42. The van der Waals surface area contributed by atoms with E-state index in [1.54, 1.807) is 0 Å². The third kappa shape index (κ3) is 2.59. The van der Waals surface area contributed by atoms with Gasteiger partial charge in [0.2, 0.25) is 0 Å². The van der Waals surface area contributed by atoms with Crippen LogP contribution in [-0.4, -0.2) is 23.8 Å². The molecule has 0 amide bonds. The van der Waals surface area contributed by atoms with Crippen LogP contribution >= 0.6 is 0 Å². The van der Waals surface area contributed by atoms with Gasteiger partial charge in [0.15, 0.2) is 0 Å². The summed E-state index contributed by atoms with van der Waals surface area (Å²) in [4.78, 5) is 11.6. The van der Waals surface area contributed by atoms with Crippen molar-refractivity contribution in [1.82, 2.24) is 0 Å². The highest BCUT2D eigenvalue weighted by Gasteiger charge is 2.47. The van der Waals surface area contributed by atoms with E-state index in [0.29, 0.717) is 6.42 Å². The second kappa shape index (κ2) is 4.79. The summed E-state index contributed by atoms with van der Waals surface area (Å²) in [5, 5.41) is 10.5. The summed E-state index contributed by atoms with van der Waals surface area (Å²) >= 11 is 0. The minimum absolute atomic E-state index is 0.394. The van der Waals surface area contributed by atoms with Gasteiger partial charge < -0.3 is 9.84 Å². The molecule has 1 N–H and O–H groups in total. The highest BCUT2D eigenvalue weighted by Crippen LogP contribution is 2.39. The van der Waals surface area contributed by atoms with Crippen molar-refractivity contribution in [2.24, 2.45) is 11.3 Å². The topological polar surface area (TPSA) is 46.5 Å². The van der Waals surface area contributed by atoms with Crippen LogP contribution < -0.4 is 0 Å². The van der Waals surface area contributed by atoms with Crippen molar-refractivity contribution >= 4 is 5.97 Å². The highest BCUT2D eigenvalue weighted by atomic mass is 16.5. The fourth-order valence-corrected chi connectivity index (χ4v) is 1.77. The number of ether oxygens (including phenoxy) is 1. The molecule has 3 heteroatoms. The Morgan fingerprint density at radius 2 is 2.00 bits per heavy atom. The Labute approximate surface area is 92.1 Å². The van der Waals surface area contributed by atoms with Gasteiger partial charge in [0.05, 0.1) is 13.0 Å². The van der Waals surface area contributed by atoms with E-state index in [-0.39, 0.29) is 0 Å². The minimum Gasteiger partial charge on any atom is -0.469 e. The van der Waals surface area contributed by atoms with Gasteiger partial charge in [-0.05, 0) is 11.8 Å². The maximum atomic E-state index is 11.6. The molecule has 0 aliphatic rings. The summed E-state index contributed by atoms with van der Waals surface area (Å²) in [6.45, 7) is 11.1. The summed E-state index contributed by atoms with van der Waals surface area (Å²) < 4.78 is 4.70. The van der Waals surface area contributed by atoms with Crippen molar-refractivity contribution in [2.45, 2.75) is 39.7 Å². The first-order chi connectivity index (χ1) is 6.74. The van der Waals surface area contributed by atoms with Crippen molar-refractivity contribution in [3.63, 3.8) is 0 Å². The molecule has 0 aromatic rings. The number of methoxy groups -OCH3 is 1. The van der Waals surface area contributed by atoms with Crippen LogP contribution in [0, 0.1) is 11.3 Å². The van der Waals surface area contributed by atoms with Crippen LogP contribution in [0.5, 0.6) is 0 Å². The normalized spacial score (nSPS) is 17.7. The van der Waals surface area contributed by atoms with Crippen molar-refractivity contribution in [3.05, 3.63) is 12.7 Å². The molecular weight excluding hydrogens is 192 g/mol. The molecule has 0 aromatic heterocycles. The summed E-state index contributed by atoms with van der Waals surface area (Å²) in [7, 11) is 1.33. The Bertz CT molecular complexity index is 240. The van der Waals surface area contributed by atoms with Gasteiger partial charge in [0, 0.05) is 0 Å². The Balaban J connectivity index is 5.24. The van der Waals surface area contributed by atoms with Crippen LogP contribution in [0.3, 0.4) is 0 Å². The van der Waals surface area contributed by atoms with E-state index in [4.69, 9.17) is 4.74 Å². The Morgan fingerprint density at radius 3 is 2.20 bits per heavy atom. The number of aliphatic hydroxyl groups is 1. The van der Waals surface area contributed by atoms with Crippen molar-refractivity contribution in [3.8, 4) is 0 Å². The number of carbonyl (C=O) groups excluding carboxylic acids is 1. The summed E-state index contributed by atoms with van der Waals surface area (Å²) in [6.07, 6.45) is 1.96. The van der Waals surface area contributed by atoms with Gasteiger partial charge in [-0.25, -0.2) is 0 Å². The lowest BCUT2D eigenvalue weighted by molar-refractivity contribution is -0.160. The number of hydrogen-bond donors (Lipinski definition) is 1. The number of hydrogen-bond acceptors (Lipinski definition) is 3. The smallest absolute Gasteiger partial charge is 0.311 e. The molecule has 0 bridgehead atoms.